The van der Waals surface area contributed by atoms with Gasteiger partial charge in [0.05, 0.1) is 17.7 Å². The van der Waals surface area contributed by atoms with Crippen LogP contribution in [0.25, 0.3) is 11.1 Å². The first kappa shape index (κ1) is 19.5. The van der Waals surface area contributed by atoms with E-state index in [2.05, 4.69) is 0 Å². The van der Waals surface area contributed by atoms with Crippen molar-refractivity contribution in [2.75, 3.05) is 18.0 Å². The molecule has 150 valence electrons. The van der Waals surface area contributed by atoms with E-state index in [9.17, 15) is 17.4 Å². The lowest BCUT2D eigenvalue weighted by Crippen LogP contribution is -2.31. The van der Waals surface area contributed by atoms with Crippen LogP contribution in [0.4, 0.5) is 18.9 Å². The second-order valence-electron chi connectivity index (χ2n) is 6.72. The Hall–Kier alpha value is -2.80. The average Bonchev–Trinajstić information content (AvgIpc) is 2.74. The second kappa shape index (κ2) is 7.91. The molecular formula is C22H18F3NO2S. The van der Waals surface area contributed by atoms with Crippen molar-refractivity contribution < 1.29 is 22.1 Å². The molecule has 1 aliphatic heterocycles. The number of ether oxygens (including phenoxy) is 1. The third-order valence-corrected chi connectivity index (χ3v) is 6.36. The van der Waals surface area contributed by atoms with Gasteiger partial charge in [-0.1, -0.05) is 12.1 Å². The summed E-state index contributed by atoms with van der Waals surface area (Å²) in [7, 11) is -0.259. The Kier molecular flexibility index (Phi) is 5.32. The quantitative estimate of drug-likeness (QED) is 0.580. The molecule has 3 aromatic rings. The van der Waals surface area contributed by atoms with Crippen LogP contribution >= 0.6 is 0 Å². The Bertz CT molecular complexity index is 1100. The fourth-order valence-electron chi connectivity index (χ4n) is 3.48. The zero-order valence-electron chi connectivity index (χ0n) is 15.6. The zero-order valence-corrected chi connectivity index (χ0v) is 16.4. The topological polar surface area (TPSA) is 29.5 Å². The number of anilines is 1. The van der Waals surface area contributed by atoms with Crippen LogP contribution in [0, 0.1) is 17.5 Å². The first-order valence-corrected chi connectivity index (χ1v) is 10.2. The monoisotopic (exact) mass is 417 g/mol. The van der Waals surface area contributed by atoms with Crippen molar-refractivity contribution in [1.82, 2.24) is 0 Å². The molecule has 29 heavy (non-hydrogen) atoms. The molecule has 0 saturated heterocycles. The van der Waals surface area contributed by atoms with Crippen molar-refractivity contribution in [3.05, 3.63) is 77.6 Å². The maximum atomic E-state index is 14.2. The maximum Gasteiger partial charge on any atom is 0.165 e. The highest BCUT2D eigenvalue weighted by atomic mass is 32.2. The molecule has 0 N–H and O–H groups in total. The number of halogens is 3. The third kappa shape index (κ3) is 3.74. The van der Waals surface area contributed by atoms with Crippen LogP contribution in [0.15, 0.2) is 59.5 Å². The van der Waals surface area contributed by atoms with Crippen LogP contribution in [-0.2, 0) is 17.4 Å². The van der Waals surface area contributed by atoms with Gasteiger partial charge in [0.15, 0.2) is 22.6 Å². The lowest BCUT2D eigenvalue weighted by atomic mass is 9.97. The van der Waals surface area contributed by atoms with Crippen LogP contribution in [0.2, 0.25) is 0 Å². The van der Waals surface area contributed by atoms with Crippen molar-refractivity contribution in [2.24, 2.45) is 0 Å². The highest BCUT2D eigenvalue weighted by molar-refractivity contribution is 7.86. The first-order chi connectivity index (χ1) is 14.0. The predicted octanol–water partition coefficient (Wildman–Crippen LogP) is 5.25. The molecule has 0 radical (unpaired) electrons. The summed E-state index contributed by atoms with van der Waals surface area (Å²) in [5.74, 6) is -1.57. The van der Waals surface area contributed by atoms with Crippen molar-refractivity contribution in [3.63, 3.8) is 0 Å². The molecule has 0 bridgehead atoms. The summed E-state index contributed by atoms with van der Waals surface area (Å²) in [6, 6.07) is 12.7. The fourth-order valence-corrected chi connectivity index (χ4v) is 4.77. The number of nitrogens with zero attached hydrogens (tertiary/aromatic N) is 1. The Morgan fingerprint density at radius 3 is 2.55 bits per heavy atom. The standard InChI is InChI=1S/C22H18F3NO2S/c1-28-22-13-17(7-9-20(22)25)29(27)26-10-2-3-14-4-5-15(11-21(14)26)18-12-16(23)6-8-19(18)24/h4-9,11-13H,2-3,10H2,1H3. The minimum absolute atomic E-state index is 0.0173. The van der Waals surface area contributed by atoms with Gasteiger partial charge in [-0.15, -0.1) is 0 Å². The lowest BCUT2D eigenvalue weighted by Gasteiger charge is -2.30. The minimum atomic E-state index is -1.61. The third-order valence-electron chi connectivity index (χ3n) is 4.93. The van der Waals surface area contributed by atoms with Crippen molar-refractivity contribution in [2.45, 2.75) is 17.7 Å². The van der Waals surface area contributed by atoms with Gasteiger partial charge in [-0.25, -0.2) is 17.4 Å². The number of methoxy groups -OCH3 is 1. The summed E-state index contributed by atoms with van der Waals surface area (Å²) in [6.07, 6.45) is 1.59. The summed E-state index contributed by atoms with van der Waals surface area (Å²) in [4.78, 5) is 0.401. The van der Waals surface area contributed by atoms with E-state index in [1.54, 1.807) is 16.4 Å². The minimum Gasteiger partial charge on any atom is -0.494 e. The van der Waals surface area contributed by atoms with E-state index in [0.29, 0.717) is 22.7 Å². The van der Waals surface area contributed by atoms with E-state index in [1.165, 1.54) is 25.3 Å². The molecule has 1 unspecified atom stereocenters. The van der Waals surface area contributed by atoms with Crippen LogP contribution in [0.1, 0.15) is 12.0 Å². The van der Waals surface area contributed by atoms with Crippen molar-refractivity contribution >= 4 is 16.7 Å². The van der Waals surface area contributed by atoms with E-state index >= 15 is 0 Å². The fraction of sp³-hybridized carbons (Fsp3) is 0.182. The van der Waals surface area contributed by atoms with Gasteiger partial charge in [0.2, 0.25) is 0 Å². The van der Waals surface area contributed by atoms with E-state index in [-0.39, 0.29) is 11.3 Å². The SMILES string of the molecule is COc1cc(S(=O)N2CCCc3ccc(-c4cc(F)ccc4F)cc32)ccc1F. The van der Waals surface area contributed by atoms with Crippen LogP contribution < -0.4 is 9.04 Å². The molecule has 0 spiro atoms. The summed E-state index contributed by atoms with van der Waals surface area (Å²) in [5.41, 5.74) is 2.31. The molecule has 4 rings (SSSR count). The van der Waals surface area contributed by atoms with Gasteiger partial charge in [-0.2, -0.15) is 0 Å². The van der Waals surface area contributed by atoms with E-state index in [1.807, 2.05) is 6.07 Å². The number of rotatable bonds is 4. The molecule has 0 fully saturated rings. The van der Waals surface area contributed by atoms with Gasteiger partial charge in [-0.3, -0.25) is 4.31 Å². The zero-order chi connectivity index (χ0) is 20.5. The second-order valence-corrected chi connectivity index (χ2v) is 8.13. The highest BCUT2D eigenvalue weighted by Crippen LogP contribution is 2.35. The molecule has 3 nitrogen and oxygen atoms in total. The predicted molar refractivity (Wildman–Crippen MR) is 107 cm³/mol. The average molecular weight is 417 g/mol. The molecule has 1 heterocycles. The van der Waals surface area contributed by atoms with Gasteiger partial charge in [0, 0.05) is 18.2 Å². The number of fused-ring (bicyclic) bond motifs is 1. The number of hydrogen-bond donors (Lipinski definition) is 0. The summed E-state index contributed by atoms with van der Waals surface area (Å²) in [6.45, 7) is 0.522. The molecule has 7 heteroatoms. The molecule has 0 aromatic heterocycles. The number of aryl methyl sites for hydroxylation is 1. The summed E-state index contributed by atoms with van der Waals surface area (Å²) >= 11 is 0. The van der Waals surface area contributed by atoms with E-state index < -0.39 is 28.4 Å². The molecule has 1 aliphatic rings. The highest BCUT2D eigenvalue weighted by Gasteiger charge is 2.24. The van der Waals surface area contributed by atoms with Gasteiger partial charge in [-0.05, 0) is 60.4 Å². The van der Waals surface area contributed by atoms with E-state index in [4.69, 9.17) is 4.74 Å². The number of benzene rings is 3. The summed E-state index contributed by atoms with van der Waals surface area (Å²) < 4.78 is 61.5. The Morgan fingerprint density at radius 1 is 0.966 bits per heavy atom. The van der Waals surface area contributed by atoms with Crippen molar-refractivity contribution in [1.29, 1.82) is 0 Å². The molecule has 0 aliphatic carbocycles. The van der Waals surface area contributed by atoms with Crippen molar-refractivity contribution in [3.8, 4) is 16.9 Å². The summed E-state index contributed by atoms with van der Waals surface area (Å²) in [5, 5.41) is 0. The normalized spacial score (nSPS) is 14.4. The van der Waals surface area contributed by atoms with E-state index in [0.717, 1.165) is 36.6 Å². The number of hydrogen-bond acceptors (Lipinski definition) is 2. The lowest BCUT2D eigenvalue weighted by molar-refractivity contribution is 0.385. The Balaban J connectivity index is 1.76. The molecule has 3 aromatic carbocycles. The molecule has 0 saturated carbocycles. The largest absolute Gasteiger partial charge is 0.494 e. The van der Waals surface area contributed by atoms with Crippen LogP contribution in [0.3, 0.4) is 0 Å². The maximum absolute atomic E-state index is 14.2. The molecule has 0 amide bonds. The Labute approximate surface area is 169 Å². The van der Waals surface area contributed by atoms with Gasteiger partial charge >= 0.3 is 0 Å². The Morgan fingerprint density at radius 2 is 1.76 bits per heavy atom. The smallest absolute Gasteiger partial charge is 0.165 e. The van der Waals surface area contributed by atoms with Crippen LogP contribution in [0.5, 0.6) is 5.75 Å². The van der Waals surface area contributed by atoms with Gasteiger partial charge in [0.25, 0.3) is 0 Å². The van der Waals surface area contributed by atoms with Gasteiger partial charge in [0.1, 0.15) is 11.6 Å². The van der Waals surface area contributed by atoms with Crippen LogP contribution in [-0.4, -0.2) is 17.9 Å². The molecule has 1 atom stereocenters. The first-order valence-electron chi connectivity index (χ1n) is 9.09. The molecular weight excluding hydrogens is 399 g/mol. The van der Waals surface area contributed by atoms with Gasteiger partial charge < -0.3 is 4.74 Å².